The lowest BCUT2D eigenvalue weighted by Gasteiger charge is -2.37. The molecule has 0 unspecified atom stereocenters. The maximum atomic E-state index is 12.8. The molecular weight excluding hydrogens is 344 g/mol. The van der Waals surface area contributed by atoms with Gasteiger partial charge in [0, 0.05) is 44.1 Å². The number of rotatable bonds is 3. The maximum absolute atomic E-state index is 12.8. The summed E-state index contributed by atoms with van der Waals surface area (Å²) in [5.74, 6) is 0.320. The summed E-state index contributed by atoms with van der Waals surface area (Å²) in [7, 11) is 0. The highest BCUT2D eigenvalue weighted by Crippen LogP contribution is 2.31. The SMILES string of the molecule is Nc1cccc2c1CCCN2CC(=O)N1CCN(C(=O)c2ccco2)CC1. The van der Waals surface area contributed by atoms with Crippen molar-refractivity contribution in [2.75, 3.05) is 49.9 Å². The number of carbonyl (C=O) groups is 2. The third-order valence-corrected chi connectivity index (χ3v) is 5.36. The average molecular weight is 368 g/mol. The molecule has 1 aromatic carbocycles. The van der Waals surface area contributed by atoms with Crippen LogP contribution >= 0.6 is 0 Å². The summed E-state index contributed by atoms with van der Waals surface area (Å²) in [5.41, 5.74) is 9.11. The molecule has 7 nitrogen and oxygen atoms in total. The number of furan rings is 1. The number of nitrogens with two attached hydrogens (primary N) is 1. The Morgan fingerprint density at radius 2 is 1.78 bits per heavy atom. The van der Waals surface area contributed by atoms with Crippen molar-refractivity contribution in [3.8, 4) is 0 Å². The van der Waals surface area contributed by atoms with Crippen LogP contribution in [-0.2, 0) is 11.2 Å². The molecule has 2 aliphatic heterocycles. The largest absolute Gasteiger partial charge is 0.459 e. The van der Waals surface area contributed by atoms with Gasteiger partial charge in [0.2, 0.25) is 5.91 Å². The van der Waals surface area contributed by atoms with Crippen LogP contribution in [0.25, 0.3) is 0 Å². The molecule has 0 aliphatic carbocycles. The maximum Gasteiger partial charge on any atom is 0.289 e. The summed E-state index contributed by atoms with van der Waals surface area (Å²) in [6.45, 7) is 3.34. The molecule has 0 bridgehead atoms. The molecule has 7 heteroatoms. The van der Waals surface area contributed by atoms with Gasteiger partial charge in [0.05, 0.1) is 12.8 Å². The monoisotopic (exact) mass is 368 g/mol. The van der Waals surface area contributed by atoms with Gasteiger partial charge in [-0.15, -0.1) is 0 Å². The molecular formula is C20H24N4O3. The quantitative estimate of drug-likeness (QED) is 0.832. The van der Waals surface area contributed by atoms with E-state index < -0.39 is 0 Å². The summed E-state index contributed by atoms with van der Waals surface area (Å²) >= 11 is 0. The highest BCUT2D eigenvalue weighted by Gasteiger charge is 2.28. The zero-order chi connectivity index (χ0) is 18.8. The topological polar surface area (TPSA) is 83.0 Å². The summed E-state index contributed by atoms with van der Waals surface area (Å²) in [6, 6.07) is 9.27. The molecule has 2 aliphatic rings. The van der Waals surface area contributed by atoms with Gasteiger partial charge in [-0.05, 0) is 42.7 Å². The fourth-order valence-corrected chi connectivity index (χ4v) is 3.87. The van der Waals surface area contributed by atoms with Gasteiger partial charge >= 0.3 is 0 Å². The van der Waals surface area contributed by atoms with Crippen LogP contribution in [0.15, 0.2) is 41.0 Å². The van der Waals surface area contributed by atoms with E-state index >= 15 is 0 Å². The average Bonchev–Trinajstić information content (AvgIpc) is 3.23. The molecule has 0 spiro atoms. The minimum absolute atomic E-state index is 0.0929. The van der Waals surface area contributed by atoms with Gasteiger partial charge in [0.1, 0.15) is 0 Å². The second kappa shape index (κ2) is 7.34. The molecule has 142 valence electrons. The van der Waals surface area contributed by atoms with Crippen LogP contribution in [-0.4, -0.2) is 60.9 Å². The number of fused-ring (bicyclic) bond motifs is 1. The molecule has 1 fully saturated rings. The van der Waals surface area contributed by atoms with E-state index in [1.54, 1.807) is 17.0 Å². The van der Waals surface area contributed by atoms with E-state index in [0.29, 0.717) is 38.5 Å². The fourth-order valence-electron chi connectivity index (χ4n) is 3.87. The second-order valence-electron chi connectivity index (χ2n) is 7.02. The smallest absolute Gasteiger partial charge is 0.289 e. The van der Waals surface area contributed by atoms with E-state index in [1.807, 2.05) is 23.1 Å². The Morgan fingerprint density at radius 3 is 2.52 bits per heavy atom. The first kappa shape index (κ1) is 17.5. The Morgan fingerprint density at radius 1 is 1.00 bits per heavy atom. The zero-order valence-corrected chi connectivity index (χ0v) is 15.3. The van der Waals surface area contributed by atoms with Gasteiger partial charge < -0.3 is 24.9 Å². The molecule has 0 radical (unpaired) electrons. The Bertz CT molecular complexity index is 826. The van der Waals surface area contributed by atoms with Crippen LogP contribution < -0.4 is 10.6 Å². The Balaban J connectivity index is 1.36. The number of hydrogen-bond donors (Lipinski definition) is 1. The van der Waals surface area contributed by atoms with E-state index in [0.717, 1.165) is 36.3 Å². The first-order valence-corrected chi connectivity index (χ1v) is 9.36. The van der Waals surface area contributed by atoms with Gasteiger partial charge in [-0.2, -0.15) is 0 Å². The minimum atomic E-state index is -0.118. The lowest BCUT2D eigenvalue weighted by molar-refractivity contribution is -0.131. The van der Waals surface area contributed by atoms with Gasteiger partial charge in [0.25, 0.3) is 5.91 Å². The zero-order valence-electron chi connectivity index (χ0n) is 15.3. The number of nitrogens with zero attached hydrogens (tertiary/aromatic N) is 3. The van der Waals surface area contributed by atoms with E-state index in [2.05, 4.69) is 4.90 Å². The van der Waals surface area contributed by atoms with Crippen LogP contribution in [0.2, 0.25) is 0 Å². The molecule has 27 heavy (non-hydrogen) atoms. The summed E-state index contributed by atoms with van der Waals surface area (Å²) in [5, 5.41) is 0. The van der Waals surface area contributed by atoms with Crippen molar-refractivity contribution in [2.24, 2.45) is 0 Å². The van der Waals surface area contributed by atoms with E-state index in [4.69, 9.17) is 10.2 Å². The Labute approximate surface area is 158 Å². The van der Waals surface area contributed by atoms with Gasteiger partial charge in [-0.3, -0.25) is 9.59 Å². The van der Waals surface area contributed by atoms with E-state index in [-0.39, 0.29) is 11.8 Å². The molecule has 2 N–H and O–H groups in total. The van der Waals surface area contributed by atoms with Crippen molar-refractivity contribution < 1.29 is 14.0 Å². The highest BCUT2D eigenvalue weighted by molar-refractivity contribution is 5.91. The summed E-state index contributed by atoms with van der Waals surface area (Å²) in [6.07, 6.45) is 3.45. The summed E-state index contributed by atoms with van der Waals surface area (Å²) < 4.78 is 5.18. The fraction of sp³-hybridized carbons (Fsp3) is 0.400. The third-order valence-electron chi connectivity index (χ3n) is 5.36. The molecule has 1 aromatic heterocycles. The molecule has 0 saturated carbocycles. The Kier molecular flexibility index (Phi) is 4.75. The van der Waals surface area contributed by atoms with Crippen molar-refractivity contribution in [3.63, 3.8) is 0 Å². The number of piperazine rings is 1. The summed E-state index contributed by atoms with van der Waals surface area (Å²) in [4.78, 5) is 30.8. The molecule has 2 amide bonds. The second-order valence-corrected chi connectivity index (χ2v) is 7.02. The molecule has 2 aromatic rings. The van der Waals surface area contributed by atoms with Crippen LogP contribution in [0.3, 0.4) is 0 Å². The first-order chi connectivity index (χ1) is 13.1. The van der Waals surface area contributed by atoms with E-state index in [9.17, 15) is 9.59 Å². The number of nitrogen functional groups attached to an aromatic ring is 1. The predicted octanol–water partition coefficient (Wildman–Crippen LogP) is 1.60. The molecule has 3 heterocycles. The van der Waals surface area contributed by atoms with Crippen LogP contribution in [0, 0.1) is 0 Å². The standard InChI is InChI=1S/C20H24N4O3/c21-16-5-1-6-17-15(16)4-2-8-24(17)14-19(25)22-9-11-23(12-10-22)20(26)18-7-3-13-27-18/h1,3,5-7,13H,2,4,8-12,14,21H2. The van der Waals surface area contributed by atoms with Gasteiger partial charge in [-0.25, -0.2) is 0 Å². The van der Waals surface area contributed by atoms with Gasteiger partial charge in [-0.1, -0.05) is 6.07 Å². The van der Waals surface area contributed by atoms with Crippen molar-refractivity contribution in [1.29, 1.82) is 0 Å². The molecule has 0 atom stereocenters. The lowest BCUT2D eigenvalue weighted by Crippen LogP contribution is -2.53. The van der Waals surface area contributed by atoms with E-state index in [1.165, 1.54) is 6.26 Å². The molecule has 4 rings (SSSR count). The third kappa shape index (κ3) is 3.49. The van der Waals surface area contributed by atoms with Crippen molar-refractivity contribution in [2.45, 2.75) is 12.8 Å². The predicted molar refractivity (Wildman–Crippen MR) is 103 cm³/mol. The number of anilines is 2. The number of benzene rings is 1. The minimum Gasteiger partial charge on any atom is -0.459 e. The van der Waals surface area contributed by atoms with Gasteiger partial charge in [0.15, 0.2) is 5.76 Å². The normalized spacial score (nSPS) is 17.0. The lowest BCUT2D eigenvalue weighted by atomic mass is 10.00. The van der Waals surface area contributed by atoms with Crippen molar-refractivity contribution in [3.05, 3.63) is 47.9 Å². The highest BCUT2D eigenvalue weighted by atomic mass is 16.3. The van der Waals surface area contributed by atoms with Crippen LogP contribution in [0.5, 0.6) is 0 Å². The van der Waals surface area contributed by atoms with Crippen molar-refractivity contribution in [1.82, 2.24) is 9.80 Å². The Hall–Kier alpha value is -2.96. The van der Waals surface area contributed by atoms with Crippen molar-refractivity contribution >= 4 is 23.2 Å². The molecule has 1 saturated heterocycles. The number of carbonyl (C=O) groups excluding carboxylic acids is 2. The van der Waals surface area contributed by atoms with Crippen LogP contribution in [0.4, 0.5) is 11.4 Å². The number of hydrogen-bond acceptors (Lipinski definition) is 5. The first-order valence-electron chi connectivity index (χ1n) is 9.36. The van der Waals surface area contributed by atoms with Crippen LogP contribution in [0.1, 0.15) is 22.5 Å². The number of amides is 2.